The van der Waals surface area contributed by atoms with Crippen LogP contribution in [-0.2, 0) is 16.0 Å². The predicted octanol–water partition coefficient (Wildman–Crippen LogP) is 3.10. The number of guanidine groups is 1. The number of aliphatic imine (C=N–C) groups is 1. The molecule has 7 heteroatoms. The summed E-state index contributed by atoms with van der Waals surface area (Å²) in [4.78, 5) is 17.0. The lowest BCUT2D eigenvalue weighted by Gasteiger charge is -2.20. The van der Waals surface area contributed by atoms with Crippen LogP contribution in [0.15, 0.2) is 29.3 Å². The Morgan fingerprint density at radius 2 is 1.77 bits per heavy atom. The molecule has 0 aliphatic carbocycles. The van der Waals surface area contributed by atoms with Crippen molar-refractivity contribution in [2.45, 2.75) is 59.5 Å². The molecule has 0 atom stereocenters. The maximum Gasteiger partial charge on any atom is 0.251 e. The van der Waals surface area contributed by atoms with Gasteiger partial charge in [0.15, 0.2) is 5.96 Å². The summed E-state index contributed by atoms with van der Waals surface area (Å²) in [5.41, 5.74) is 1.36. The number of nitrogens with one attached hydrogen (secondary N) is 3. The average Bonchev–Trinajstić information content (AvgIpc) is 2.69. The first-order valence-electron chi connectivity index (χ1n) is 10.9. The highest BCUT2D eigenvalue weighted by molar-refractivity contribution is 5.94. The maximum absolute atomic E-state index is 12.4. The highest BCUT2D eigenvalue weighted by atomic mass is 16.5. The molecule has 30 heavy (non-hydrogen) atoms. The van der Waals surface area contributed by atoms with E-state index in [1.54, 1.807) is 0 Å². The van der Waals surface area contributed by atoms with E-state index in [0.29, 0.717) is 38.5 Å². The summed E-state index contributed by atoms with van der Waals surface area (Å²) >= 11 is 0. The summed E-state index contributed by atoms with van der Waals surface area (Å²) in [7, 11) is 0. The van der Waals surface area contributed by atoms with Crippen molar-refractivity contribution in [1.82, 2.24) is 16.0 Å². The first-order valence-corrected chi connectivity index (χ1v) is 10.9. The van der Waals surface area contributed by atoms with Crippen LogP contribution in [0.3, 0.4) is 0 Å². The van der Waals surface area contributed by atoms with Gasteiger partial charge in [-0.15, -0.1) is 0 Å². The highest BCUT2D eigenvalue weighted by Crippen LogP contribution is 2.09. The number of unbranched alkanes of at least 4 members (excludes halogenated alkanes) is 1. The largest absolute Gasteiger partial charge is 0.379 e. The Kier molecular flexibility index (Phi) is 12.8. The van der Waals surface area contributed by atoms with E-state index in [9.17, 15) is 4.79 Å². The van der Waals surface area contributed by atoms with E-state index in [-0.39, 0.29) is 11.4 Å². The van der Waals surface area contributed by atoms with Gasteiger partial charge >= 0.3 is 0 Å². The van der Waals surface area contributed by atoms with Crippen LogP contribution in [0.5, 0.6) is 0 Å². The molecule has 0 bridgehead atoms. The van der Waals surface area contributed by atoms with Crippen molar-refractivity contribution in [3.8, 4) is 0 Å². The first kappa shape index (κ1) is 25.9. The fourth-order valence-corrected chi connectivity index (χ4v) is 2.55. The summed E-state index contributed by atoms with van der Waals surface area (Å²) in [6, 6.07) is 7.57. The molecular weight excluding hydrogens is 380 g/mol. The molecule has 0 radical (unpaired) electrons. The molecule has 7 nitrogen and oxygen atoms in total. The molecule has 0 aliphatic heterocycles. The third kappa shape index (κ3) is 12.4. The van der Waals surface area contributed by atoms with Crippen molar-refractivity contribution >= 4 is 11.9 Å². The van der Waals surface area contributed by atoms with Crippen LogP contribution in [0.1, 0.15) is 63.4 Å². The minimum Gasteiger partial charge on any atom is -0.379 e. The van der Waals surface area contributed by atoms with Gasteiger partial charge in [-0.25, -0.2) is 4.99 Å². The Morgan fingerprint density at radius 1 is 1.03 bits per heavy atom. The molecule has 0 aliphatic rings. The van der Waals surface area contributed by atoms with E-state index in [1.165, 1.54) is 0 Å². The summed E-state index contributed by atoms with van der Waals surface area (Å²) in [5, 5.41) is 9.47. The fraction of sp³-hybridized carbons (Fsp3) is 0.652. The standard InChI is InChI=1S/C23H40N4O3/c1-6-8-13-29-15-16-30-14-12-25-22(24-7-2)26-18-19-10-9-11-20(17-19)21(28)27-23(3,4)5/h9-11,17H,6-8,12-16,18H2,1-5H3,(H,27,28)(H2,24,25,26). The molecule has 1 aromatic rings. The van der Waals surface area contributed by atoms with E-state index in [4.69, 9.17) is 9.47 Å². The third-order valence-electron chi connectivity index (χ3n) is 3.99. The molecule has 1 amide bonds. The Balaban J connectivity index is 2.45. The molecule has 0 heterocycles. The summed E-state index contributed by atoms with van der Waals surface area (Å²) in [6.45, 7) is 14.6. The smallest absolute Gasteiger partial charge is 0.251 e. The normalized spacial score (nSPS) is 12.0. The minimum atomic E-state index is -0.267. The Labute approximate surface area is 182 Å². The molecule has 0 saturated carbocycles. The van der Waals surface area contributed by atoms with E-state index >= 15 is 0 Å². The van der Waals surface area contributed by atoms with Gasteiger partial charge in [0.2, 0.25) is 0 Å². The molecule has 0 saturated heterocycles. The van der Waals surface area contributed by atoms with Crippen molar-refractivity contribution in [3.63, 3.8) is 0 Å². The van der Waals surface area contributed by atoms with Crippen molar-refractivity contribution in [2.75, 3.05) is 39.5 Å². The summed E-state index contributed by atoms with van der Waals surface area (Å²) in [5.74, 6) is 0.652. The number of ether oxygens (including phenoxy) is 2. The lowest BCUT2D eigenvalue weighted by molar-refractivity contribution is 0.0487. The predicted molar refractivity (Wildman–Crippen MR) is 123 cm³/mol. The van der Waals surface area contributed by atoms with Gasteiger partial charge in [-0.2, -0.15) is 0 Å². The number of carbonyl (C=O) groups excluding carboxylic acids is 1. The zero-order chi connectivity index (χ0) is 22.2. The van der Waals surface area contributed by atoms with E-state index in [0.717, 1.165) is 37.5 Å². The molecule has 0 unspecified atom stereocenters. The van der Waals surface area contributed by atoms with E-state index in [1.807, 2.05) is 52.0 Å². The number of amides is 1. The van der Waals surface area contributed by atoms with Gasteiger partial charge in [-0.3, -0.25) is 4.79 Å². The highest BCUT2D eigenvalue weighted by Gasteiger charge is 2.15. The summed E-state index contributed by atoms with van der Waals surface area (Å²) in [6.07, 6.45) is 2.24. The molecule has 3 N–H and O–H groups in total. The Hall–Kier alpha value is -2.12. The first-order chi connectivity index (χ1) is 14.4. The van der Waals surface area contributed by atoms with Gasteiger partial charge in [-0.1, -0.05) is 25.5 Å². The monoisotopic (exact) mass is 420 g/mol. The van der Waals surface area contributed by atoms with Crippen LogP contribution in [0.4, 0.5) is 0 Å². The molecule has 0 fully saturated rings. The number of nitrogens with zero attached hydrogens (tertiary/aromatic N) is 1. The summed E-state index contributed by atoms with van der Waals surface area (Å²) < 4.78 is 11.0. The lowest BCUT2D eigenvalue weighted by Crippen LogP contribution is -2.40. The zero-order valence-electron chi connectivity index (χ0n) is 19.3. The van der Waals surface area contributed by atoms with Crippen molar-refractivity contribution < 1.29 is 14.3 Å². The maximum atomic E-state index is 12.4. The van der Waals surface area contributed by atoms with Crippen LogP contribution >= 0.6 is 0 Å². The molecule has 0 spiro atoms. The van der Waals surface area contributed by atoms with Crippen LogP contribution in [0.2, 0.25) is 0 Å². The number of hydrogen-bond donors (Lipinski definition) is 3. The van der Waals surface area contributed by atoms with Crippen molar-refractivity contribution in [3.05, 3.63) is 35.4 Å². The quantitative estimate of drug-likeness (QED) is 0.259. The number of rotatable bonds is 13. The van der Waals surface area contributed by atoms with Crippen molar-refractivity contribution in [1.29, 1.82) is 0 Å². The van der Waals surface area contributed by atoms with Crippen LogP contribution in [0, 0.1) is 0 Å². The average molecular weight is 421 g/mol. The number of hydrogen-bond acceptors (Lipinski definition) is 4. The topological polar surface area (TPSA) is 84.0 Å². The van der Waals surface area contributed by atoms with Crippen LogP contribution < -0.4 is 16.0 Å². The SMILES string of the molecule is CCCCOCCOCCNC(=NCc1cccc(C(=O)NC(C)(C)C)c1)NCC. The fourth-order valence-electron chi connectivity index (χ4n) is 2.55. The molecule has 170 valence electrons. The van der Waals surface area contributed by atoms with Gasteiger partial charge in [0.25, 0.3) is 5.91 Å². The Morgan fingerprint density at radius 3 is 2.43 bits per heavy atom. The van der Waals surface area contributed by atoms with Gasteiger partial charge in [0, 0.05) is 30.8 Å². The molecular formula is C23H40N4O3. The lowest BCUT2D eigenvalue weighted by atomic mass is 10.1. The second-order valence-corrected chi connectivity index (χ2v) is 8.10. The third-order valence-corrected chi connectivity index (χ3v) is 3.99. The van der Waals surface area contributed by atoms with Crippen LogP contribution in [-0.4, -0.2) is 56.9 Å². The molecule has 0 aromatic heterocycles. The zero-order valence-corrected chi connectivity index (χ0v) is 19.3. The Bertz CT molecular complexity index is 642. The van der Waals surface area contributed by atoms with E-state index in [2.05, 4.69) is 27.9 Å². The van der Waals surface area contributed by atoms with Gasteiger partial charge < -0.3 is 25.4 Å². The van der Waals surface area contributed by atoms with Crippen molar-refractivity contribution in [2.24, 2.45) is 4.99 Å². The number of carbonyl (C=O) groups is 1. The number of benzene rings is 1. The minimum absolute atomic E-state index is 0.0748. The van der Waals surface area contributed by atoms with E-state index < -0.39 is 0 Å². The van der Waals surface area contributed by atoms with Gasteiger partial charge in [0.05, 0.1) is 26.4 Å². The van der Waals surface area contributed by atoms with Crippen LogP contribution in [0.25, 0.3) is 0 Å². The second kappa shape index (κ2) is 14.8. The van der Waals surface area contributed by atoms with Gasteiger partial charge in [-0.05, 0) is 51.8 Å². The van der Waals surface area contributed by atoms with Gasteiger partial charge in [0.1, 0.15) is 0 Å². The second-order valence-electron chi connectivity index (χ2n) is 8.10. The molecule has 1 rings (SSSR count). The molecule has 1 aromatic carbocycles.